The highest BCUT2D eigenvalue weighted by molar-refractivity contribution is 5.42. The lowest BCUT2D eigenvalue weighted by atomic mass is 9.35. The van der Waals surface area contributed by atoms with Gasteiger partial charge in [-0.15, -0.1) is 0 Å². The zero-order valence-electron chi connectivity index (χ0n) is 27.6. The fourth-order valence-corrected chi connectivity index (χ4v) is 11.4. The van der Waals surface area contributed by atoms with Crippen LogP contribution in [0, 0.1) is 45.3 Å². The van der Waals surface area contributed by atoms with Crippen LogP contribution in [0.1, 0.15) is 105 Å². The molecule has 1 aromatic carbocycles. The highest BCUT2D eigenvalue weighted by atomic mass is 16.5. The summed E-state index contributed by atoms with van der Waals surface area (Å²) in [7, 11) is 3.30. The van der Waals surface area contributed by atoms with Crippen LogP contribution in [0.25, 0.3) is 0 Å². The van der Waals surface area contributed by atoms with Crippen molar-refractivity contribution in [1.29, 1.82) is 0 Å². The Kier molecular flexibility index (Phi) is 8.57. The molecule has 4 N–H and O–H groups in total. The molecule has 0 radical (unpaired) electrons. The largest absolute Gasteiger partial charge is 0.493 e. The van der Waals surface area contributed by atoms with E-state index in [1.54, 1.807) is 14.2 Å². The third-order valence-corrected chi connectivity index (χ3v) is 14.0. The Labute approximate surface area is 255 Å². The number of methoxy groups -OCH3 is 2. The van der Waals surface area contributed by atoms with E-state index in [0.29, 0.717) is 11.8 Å². The van der Waals surface area contributed by atoms with E-state index in [4.69, 9.17) is 9.47 Å². The Morgan fingerprint density at radius 2 is 1.60 bits per heavy atom. The molecule has 0 spiro atoms. The molecule has 4 aliphatic carbocycles. The second-order valence-electron chi connectivity index (χ2n) is 16.2. The summed E-state index contributed by atoms with van der Waals surface area (Å²) in [6, 6.07) is 5.99. The standard InChI is InChI=1S/C36H59NO5/c1-32(2)28-13-18-34(4)29(33(28,3)16-14-30(32)39)21-25(38)31-24(12-17-35(31,34)5)36(6,40)15-9-19-37-22-23-10-11-26(41-7)27(20-23)42-8/h10-11,20,24-25,28-31,37-40H,9,12-19,21-22H2,1-8H3/t24-,25+,28?,29?,30-,31?,33-,34+,35+,36-/m0/s1. The maximum absolute atomic E-state index is 11.9. The maximum atomic E-state index is 11.9. The normalized spacial score (nSPS) is 42.2. The van der Waals surface area contributed by atoms with Crippen LogP contribution < -0.4 is 14.8 Å². The first-order valence-electron chi connectivity index (χ1n) is 16.7. The van der Waals surface area contributed by atoms with Crippen LogP contribution >= 0.6 is 0 Å². The minimum Gasteiger partial charge on any atom is -0.493 e. The molecule has 6 heteroatoms. The van der Waals surface area contributed by atoms with Gasteiger partial charge in [-0.2, -0.15) is 0 Å². The summed E-state index contributed by atoms with van der Waals surface area (Å²) in [5, 5.41) is 38.4. The molecule has 0 aliphatic heterocycles. The van der Waals surface area contributed by atoms with E-state index in [0.717, 1.165) is 87.9 Å². The number of hydrogen-bond acceptors (Lipinski definition) is 6. The second-order valence-corrected chi connectivity index (χ2v) is 16.2. The number of benzene rings is 1. The molecule has 0 heterocycles. The van der Waals surface area contributed by atoms with E-state index >= 15 is 0 Å². The minimum absolute atomic E-state index is 0.00382. The summed E-state index contributed by atoms with van der Waals surface area (Å²) in [6.45, 7) is 15.6. The summed E-state index contributed by atoms with van der Waals surface area (Å²) < 4.78 is 10.8. The van der Waals surface area contributed by atoms with Crippen molar-refractivity contribution < 1.29 is 24.8 Å². The minimum atomic E-state index is -0.810. The van der Waals surface area contributed by atoms with Gasteiger partial charge in [-0.3, -0.25) is 0 Å². The van der Waals surface area contributed by atoms with Gasteiger partial charge in [0.2, 0.25) is 0 Å². The molecule has 10 atom stereocenters. The first-order valence-corrected chi connectivity index (χ1v) is 16.7. The Hall–Kier alpha value is -1.34. The molecule has 42 heavy (non-hydrogen) atoms. The molecular weight excluding hydrogens is 526 g/mol. The average molecular weight is 586 g/mol. The summed E-state index contributed by atoms with van der Waals surface area (Å²) >= 11 is 0. The number of aliphatic hydroxyl groups is 3. The van der Waals surface area contributed by atoms with Crippen LogP contribution in [-0.4, -0.2) is 53.9 Å². The van der Waals surface area contributed by atoms with Crippen molar-refractivity contribution in [2.75, 3.05) is 20.8 Å². The molecule has 0 amide bonds. The van der Waals surface area contributed by atoms with Crippen LogP contribution in [0.4, 0.5) is 0 Å². The number of nitrogens with one attached hydrogen (secondary N) is 1. The SMILES string of the molecule is COc1ccc(CNCCC[C@](C)(O)[C@H]2CC[C@]3(C)C2[C@H](O)CC2[C@@]4(C)CC[C@H](O)C(C)(C)C4CC[C@]23C)cc1OC. The molecule has 4 fully saturated rings. The van der Waals surface area contributed by atoms with Crippen molar-refractivity contribution in [2.24, 2.45) is 45.3 Å². The zero-order chi connectivity index (χ0) is 30.7. The van der Waals surface area contributed by atoms with E-state index in [9.17, 15) is 15.3 Å². The highest BCUT2D eigenvalue weighted by Crippen LogP contribution is 2.75. The smallest absolute Gasteiger partial charge is 0.161 e. The van der Waals surface area contributed by atoms with Gasteiger partial charge in [0, 0.05) is 6.54 Å². The lowest BCUT2D eigenvalue weighted by Crippen LogP contribution is -2.66. The van der Waals surface area contributed by atoms with Gasteiger partial charge in [0.15, 0.2) is 11.5 Å². The Bertz CT molecular complexity index is 1120. The predicted molar refractivity (Wildman–Crippen MR) is 168 cm³/mol. The second kappa shape index (κ2) is 11.2. The number of hydrogen-bond donors (Lipinski definition) is 4. The van der Waals surface area contributed by atoms with Crippen molar-refractivity contribution in [2.45, 2.75) is 124 Å². The van der Waals surface area contributed by atoms with Gasteiger partial charge in [-0.1, -0.05) is 40.7 Å². The number of aliphatic hydroxyl groups excluding tert-OH is 2. The lowest BCUT2D eigenvalue weighted by molar-refractivity contribution is -0.246. The molecule has 3 unspecified atom stereocenters. The molecule has 238 valence electrons. The Morgan fingerprint density at radius 1 is 0.905 bits per heavy atom. The summed E-state index contributed by atoms with van der Waals surface area (Å²) in [5.41, 5.74) is 0.502. The summed E-state index contributed by atoms with van der Waals surface area (Å²) in [5.74, 6) is 2.61. The number of ether oxygens (including phenoxy) is 2. The third kappa shape index (κ3) is 4.91. The maximum Gasteiger partial charge on any atom is 0.161 e. The number of rotatable bonds is 9. The van der Waals surface area contributed by atoms with Gasteiger partial charge >= 0.3 is 0 Å². The molecule has 4 saturated carbocycles. The molecule has 5 rings (SSSR count). The Balaban J connectivity index is 1.25. The fourth-order valence-electron chi connectivity index (χ4n) is 11.4. The van der Waals surface area contributed by atoms with Crippen molar-refractivity contribution in [3.63, 3.8) is 0 Å². The van der Waals surface area contributed by atoms with Gasteiger partial charge < -0.3 is 30.1 Å². The van der Waals surface area contributed by atoms with Crippen LogP contribution in [0.2, 0.25) is 0 Å². The van der Waals surface area contributed by atoms with E-state index in [1.165, 1.54) is 0 Å². The van der Waals surface area contributed by atoms with Crippen LogP contribution in [0.15, 0.2) is 18.2 Å². The predicted octanol–water partition coefficient (Wildman–Crippen LogP) is 6.34. The van der Waals surface area contributed by atoms with Crippen LogP contribution in [0.5, 0.6) is 11.5 Å². The van der Waals surface area contributed by atoms with E-state index < -0.39 is 5.60 Å². The van der Waals surface area contributed by atoms with Crippen LogP contribution in [-0.2, 0) is 6.54 Å². The fraction of sp³-hybridized carbons (Fsp3) is 0.833. The first-order chi connectivity index (χ1) is 19.7. The molecule has 0 bridgehead atoms. The highest BCUT2D eigenvalue weighted by Gasteiger charge is 2.71. The third-order valence-electron chi connectivity index (χ3n) is 14.0. The quantitative estimate of drug-likeness (QED) is 0.253. The summed E-state index contributed by atoms with van der Waals surface area (Å²) in [4.78, 5) is 0. The first kappa shape index (κ1) is 32.1. The van der Waals surface area contributed by atoms with E-state index in [2.05, 4.69) is 39.9 Å². The van der Waals surface area contributed by atoms with Crippen molar-refractivity contribution >= 4 is 0 Å². The topological polar surface area (TPSA) is 91.2 Å². The number of fused-ring (bicyclic) bond motifs is 5. The van der Waals surface area contributed by atoms with E-state index in [-0.39, 0.29) is 45.7 Å². The molecule has 6 nitrogen and oxygen atoms in total. The van der Waals surface area contributed by atoms with Gasteiger partial charge in [-0.05, 0) is 134 Å². The van der Waals surface area contributed by atoms with Gasteiger partial charge in [0.05, 0.1) is 32.0 Å². The molecule has 0 saturated heterocycles. The van der Waals surface area contributed by atoms with Gasteiger partial charge in [0.25, 0.3) is 0 Å². The Morgan fingerprint density at radius 3 is 2.29 bits per heavy atom. The average Bonchev–Trinajstić information content (AvgIpc) is 3.33. The molecule has 0 aromatic heterocycles. The molecule has 1 aromatic rings. The van der Waals surface area contributed by atoms with Gasteiger partial charge in [-0.25, -0.2) is 0 Å². The molecular formula is C36H59NO5. The van der Waals surface area contributed by atoms with Crippen LogP contribution in [0.3, 0.4) is 0 Å². The monoisotopic (exact) mass is 585 g/mol. The zero-order valence-corrected chi connectivity index (χ0v) is 27.6. The lowest BCUT2D eigenvalue weighted by Gasteiger charge is -2.70. The van der Waals surface area contributed by atoms with Crippen molar-refractivity contribution in [3.05, 3.63) is 23.8 Å². The van der Waals surface area contributed by atoms with Crippen molar-refractivity contribution in [1.82, 2.24) is 5.32 Å². The van der Waals surface area contributed by atoms with Crippen molar-refractivity contribution in [3.8, 4) is 11.5 Å². The van der Waals surface area contributed by atoms with E-state index in [1.807, 2.05) is 25.1 Å². The summed E-state index contributed by atoms with van der Waals surface area (Å²) in [6.07, 6.45) is 8.08. The molecule has 4 aliphatic rings. The van der Waals surface area contributed by atoms with Gasteiger partial charge in [0.1, 0.15) is 0 Å².